The van der Waals surface area contributed by atoms with Gasteiger partial charge in [-0.3, -0.25) is 0 Å². The molecule has 114 valence electrons. The third kappa shape index (κ3) is 6.61. The van der Waals surface area contributed by atoms with E-state index in [4.69, 9.17) is 0 Å². The molecule has 1 unspecified atom stereocenters. The minimum absolute atomic E-state index is 0.0535. The third-order valence-electron chi connectivity index (χ3n) is 2.85. The topological polar surface area (TPSA) is 12.0 Å². The van der Waals surface area contributed by atoms with E-state index in [1.54, 1.807) is 18.2 Å². The molecule has 0 bridgehead atoms. The Labute approximate surface area is 121 Å². The van der Waals surface area contributed by atoms with Crippen LogP contribution in [0.1, 0.15) is 31.7 Å². The molecule has 0 aromatic heterocycles. The van der Waals surface area contributed by atoms with Gasteiger partial charge in [-0.15, -0.1) is 0 Å². The van der Waals surface area contributed by atoms with Gasteiger partial charge in [-0.2, -0.15) is 13.2 Å². The van der Waals surface area contributed by atoms with E-state index in [1.165, 1.54) is 6.07 Å². The highest BCUT2D eigenvalue weighted by Gasteiger charge is 2.28. The Bertz CT molecular complexity index is 406. The van der Waals surface area contributed by atoms with E-state index in [1.807, 2.05) is 13.8 Å². The van der Waals surface area contributed by atoms with Crippen molar-refractivity contribution in [1.29, 1.82) is 0 Å². The largest absolute Gasteiger partial charge is 0.441 e. The minimum atomic E-state index is -4.23. The molecule has 1 aromatic rings. The van der Waals surface area contributed by atoms with Crippen LogP contribution in [0.3, 0.4) is 0 Å². The summed E-state index contributed by atoms with van der Waals surface area (Å²) in [5, 5.41) is 3.16. The first-order valence-electron chi connectivity index (χ1n) is 6.48. The van der Waals surface area contributed by atoms with Crippen molar-refractivity contribution in [1.82, 2.24) is 5.32 Å². The molecular formula is C14H19F4NS. The number of halogens is 4. The second-order valence-corrected chi connectivity index (χ2v) is 6.02. The molecule has 1 N–H and O–H groups in total. The van der Waals surface area contributed by atoms with Crippen molar-refractivity contribution in [2.45, 2.75) is 37.7 Å². The van der Waals surface area contributed by atoms with Gasteiger partial charge in [-0.05, 0) is 18.1 Å². The molecule has 0 spiro atoms. The molecule has 0 aliphatic heterocycles. The zero-order chi connectivity index (χ0) is 15.2. The van der Waals surface area contributed by atoms with Crippen LogP contribution >= 0.6 is 11.8 Å². The fourth-order valence-electron chi connectivity index (χ4n) is 1.87. The summed E-state index contributed by atoms with van der Waals surface area (Å²) in [4.78, 5) is 0. The lowest BCUT2D eigenvalue weighted by molar-refractivity contribution is -0.0328. The number of thioether (sulfide) groups is 1. The molecule has 0 amide bonds. The molecule has 20 heavy (non-hydrogen) atoms. The Hall–Kier alpha value is -0.750. The SMILES string of the molecule is CC(C)NCC(CCSC(F)(F)F)c1ccccc1F. The van der Waals surface area contributed by atoms with E-state index in [2.05, 4.69) is 5.32 Å². The summed E-state index contributed by atoms with van der Waals surface area (Å²) >= 11 is -0.0535. The summed E-state index contributed by atoms with van der Waals surface area (Å²) in [5.41, 5.74) is -3.76. The molecular weight excluding hydrogens is 290 g/mol. The number of rotatable bonds is 7. The minimum Gasteiger partial charge on any atom is -0.314 e. The summed E-state index contributed by atoms with van der Waals surface area (Å²) in [6, 6.07) is 6.47. The van der Waals surface area contributed by atoms with E-state index < -0.39 is 5.51 Å². The number of hydrogen-bond donors (Lipinski definition) is 1. The van der Waals surface area contributed by atoms with Gasteiger partial charge in [0.25, 0.3) is 0 Å². The normalized spacial score (nSPS) is 13.8. The van der Waals surface area contributed by atoms with E-state index in [9.17, 15) is 17.6 Å². The predicted octanol–water partition coefficient (Wildman–Crippen LogP) is 4.55. The van der Waals surface area contributed by atoms with Crippen molar-refractivity contribution < 1.29 is 17.6 Å². The molecule has 0 aliphatic carbocycles. The Morgan fingerprint density at radius 2 is 1.85 bits per heavy atom. The molecule has 1 rings (SSSR count). The van der Waals surface area contributed by atoms with Crippen molar-refractivity contribution in [3.63, 3.8) is 0 Å². The Kier molecular flexibility index (Phi) is 6.82. The molecule has 0 radical (unpaired) electrons. The third-order valence-corrected chi connectivity index (χ3v) is 3.62. The lowest BCUT2D eigenvalue weighted by Crippen LogP contribution is -2.28. The number of hydrogen-bond acceptors (Lipinski definition) is 2. The van der Waals surface area contributed by atoms with Gasteiger partial charge in [0.05, 0.1) is 0 Å². The monoisotopic (exact) mass is 309 g/mol. The maximum Gasteiger partial charge on any atom is 0.441 e. The smallest absolute Gasteiger partial charge is 0.314 e. The molecule has 1 aromatic carbocycles. The first-order chi connectivity index (χ1) is 9.29. The van der Waals surface area contributed by atoms with Gasteiger partial charge in [0.1, 0.15) is 5.82 Å². The van der Waals surface area contributed by atoms with Crippen LogP contribution in [0.25, 0.3) is 0 Å². The maximum absolute atomic E-state index is 13.8. The predicted molar refractivity (Wildman–Crippen MR) is 75.4 cm³/mol. The van der Waals surface area contributed by atoms with Crippen LogP contribution in [0.4, 0.5) is 17.6 Å². The fraction of sp³-hybridized carbons (Fsp3) is 0.571. The van der Waals surface area contributed by atoms with Crippen LogP contribution < -0.4 is 5.32 Å². The lowest BCUT2D eigenvalue weighted by Gasteiger charge is -2.20. The van der Waals surface area contributed by atoms with E-state index >= 15 is 0 Å². The van der Waals surface area contributed by atoms with Crippen molar-refractivity contribution in [3.05, 3.63) is 35.6 Å². The molecule has 0 saturated heterocycles. The molecule has 0 aliphatic rings. The molecule has 0 heterocycles. The van der Waals surface area contributed by atoms with Gasteiger partial charge < -0.3 is 5.32 Å². The average molecular weight is 309 g/mol. The van der Waals surface area contributed by atoms with Gasteiger partial charge in [0.15, 0.2) is 0 Å². The fourth-order valence-corrected chi connectivity index (χ4v) is 2.50. The van der Waals surface area contributed by atoms with Gasteiger partial charge in [-0.1, -0.05) is 43.8 Å². The maximum atomic E-state index is 13.8. The second-order valence-electron chi connectivity index (χ2n) is 4.86. The van der Waals surface area contributed by atoms with Crippen LogP contribution in [0.5, 0.6) is 0 Å². The van der Waals surface area contributed by atoms with Gasteiger partial charge in [0, 0.05) is 24.3 Å². The Morgan fingerprint density at radius 1 is 1.20 bits per heavy atom. The summed E-state index contributed by atoms with van der Waals surface area (Å²) in [7, 11) is 0. The number of benzene rings is 1. The first kappa shape index (κ1) is 17.3. The molecule has 0 fully saturated rings. The Balaban J connectivity index is 2.68. The van der Waals surface area contributed by atoms with Crippen molar-refractivity contribution in [2.75, 3.05) is 12.3 Å². The highest BCUT2D eigenvalue weighted by molar-refractivity contribution is 8.00. The lowest BCUT2D eigenvalue weighted by atomic mass is 9.95. The van der Waals surface area contributed by atoms with Crippen molar-refractivity contribution in [3.8, 4) is 0 Å². The highest BCUT2D eigenvalue weighted by atomic mass is 32.2. The van der Waals surface area contributed by atoms with Crippen molar-refractivity contribution in [2.24, 2.45) is 0 Å². The molecule has 6 heteroatoms. The van der Waals surface area contributed by atoms with E-state index in [-0.39, 0.29) is 41.7 Å². The summed E-state index contributed by atoms with van der Waals surface area (Å²) in [6.45, 7) is 4.36. The summed E-state index contributed by atoms with van der Waals surface area (Å²) in [6.07, 6.45) is 0.283. The van der Waals surface area contributed by atoms with Crippen LogP contribution in [-0.2, 0) is 0 Å². The zero-order valence-corrected chi connectivity index (χ0v) is 12.3. The molecule has 0 saturated carbocycles. The molecule has 1 nitrogen and oxygen atoms in total. The first-order valence-corrected chi connectivity index (χ1v) is 7.46. The average Bonchev–Trinajstić information content (AvgIpc) is 2.33. The number of nitrogens with one attached hydrogen (secondary N) is 1. The standard InChI is InChI=1S/C14H19F4NS/c1-10(2)19-9-11(7-8-20-14(16,17)18)12-5-3-4-6-13(12)15/h3-6,10-11,19H,7-9H2,1-2H3. The van der Waals surface area contributed by atoms with Crippen LogP contribution in [0.15, 0.2) is 24.3 Å². The highest BCUT2D eigenvalue weighted by Crippen LogP contribution is 2.33. The van der Waals surface area contributed by atoms with Crippen molar-refractivity contribution >= 4 is 11.8 Å². The van der Waals surface area contributed by atoms with Crippen LogP contribution in [0, 0.1) is 5.82 Å². The van der Waals surface area contributed by atoms with Crippen LogP contribution in [0.2, 0.25) is 0 Å². The quantitative estimate of drug-likeness (QED) is 0.742. The van der Waals surface area contributed by atoms with Gasteiger partial charge >= 0.3 is 5.51 Å². The molecule has 1 atom stereocenters. The van der Waals surface area contributed by atoms with Crippen LogP contribution in [-0.4, -0.2) is 23.8 Å². The van der Waals surface area contributed by atoms with E-state index in [0.717, 1.165) is 0 Å². The number of alkyl halides is 3. The van der Waals surface area contributed by atoms with E-state index in [0.29, 0.717) is 12.1 Å². The second kappa shape index (κ2) is 7.88. The Morgan fingerprint density at radius 3 is 2.40 bits per heavy atom. The zero-order valence-electron chi connectivity index (χ0n) is 11.5. The van der Waals surface area contributed by atoms with Gasteiger partial charge in [0.2, 0.25) is 0 Å². The summed E-state index contributed by atoms with van der Waals surface area (Å²) < 4.78 is 50.3. The summed E-state index contributed by atoms with van der Waals surface area (Å²) in [5.74, 6) is -0.684. The van der Waals surface area contributed by atoms with Gasteiger partial charge in [-0.25, -0.2) is 4.39 Å².